The minimum Gasteiger partial charge on any atom is -0.229 e. The van der Waals surface area contributed by atoms with E-state index in [-0.39, 0.29) is 5.41 Å². The molecule has 0 saturated heterocycles. The molecule has 6 heteroatoms. The fourth-order valence-corrected chi connectivity index (χ4v) is 4.70. The van der Waals surface area contributed by atoms with Gasteiger partial charge in [0, 0.05) is 5.41 Å². The topological polar surface area (TPSA) is 38.7 Å². The highest BCUT2D eigenvalue weighted by atomic mass is 32.2. The lowest BCUT2D eigenvalue weighted by molar-refractivity contribution is 0.577. The van der Waals surface area contributed by atoms with E-state index in [0.29, 0.717) is 0 Å². The maximum atomic E-state index is 4.60. The zero-order valence-corrected chi connectivity index (χ0v) is 13.3. The SMILES string of the molecule is CC(C)(C)c1nnc(Sc2nc3ccccc3s2)s1. The molecule has 0 fully saturated rings. The van der Waals surface area contributed by atoms with Crippen LogP contribution in [0.25, 0.3) is 10.2 Å². The lowest BCUT2D eigenvalue weighted by atomic mass is 9.98. The quantitative estimate of drug-likeness (QED) is 0.693. The Hall–Kier alpha value is -0.980. The van der Waals surface area contributed by atoms with Gasteiger partial charge in [-0.3, -0.25) is 0 Å². The molecule has 2 heterocycles. The summed E-state index contributed by atoms with van der Waals surface area (Å²) in [6, 6.07) is 8.19. The van der Waals surface area contributed by atoms with E-state index in [1.54, 1.807) is 34.4 Å². The number of para-hydroxylation sites is 1. The highest BCUT2D eigenvalue weighted by molar-refractivity contribution is 8.02. The second-order valence-corrected chi connectivity index (χ2v) is 8.68. The summed E-state index contributed by atoms with van der Waals surface area (Å²) in [6.07, 6.45) is 0. The second kappa shape index (κ2) is 4.85. The van der Waals surface area contributed by atoms with Crippen molar-refractivity contribution in [2.45, 2.75) is 34.9 Å². The van der Waals surface area contributed by atoms with E-state index < -0.39 is 0 Å². The summed E-state index contributed by atoms with van der Waals surface area (Å²) < 4.78 is 3.20. The summed E-state index contributed by atoms with van der Waals surface area (Å²) >= 11 is 4.95. The van der Waals surface area contributed by atoms with Crippen molar-refractivity contribution in [2.75, 3.05) is 0 Å². The molecule has 3 aromatic rings. The van der Waals surface area contributed by atoms with Gasteiger partial charge in [0.2, 0.25) is 0 Å². The van der Waals surface area contributed by atoms with Gasteiger partial charge in [0.15, 0.2) is 8.68 Å². The Bertz CT molecular complexity index is 676. The first-order valence-electron chi connectivity index (χ1n) is 5.90. The predicted octanol–water partition coefficient (Wildman–Crippen LogP) is 4.60. The van der Waals surface area contributed by atoms with Crippen LogP contribution in [0.1, 0.15) is 25.8 Å². The van der Waals surface area contributed by atoms with E-state index in [1.807, 2.05) is 18.2 Å². The standard InChI is InChI=1S/C13H13N3S3/c1-13(2,3)10-15-16-12(18-10)19-11-14-8-6-4-5-7-9(8)17-11/h4-7H,1-3H3. The van der Waals surface area contributed by atoms with Crippen molar-refractivity contribution in [1.29, 1.82) is 0 Å². The van der Waals surface area contributed by atoms with E-state index in [9.17, 15) is 0 Å². The highest BCUT2D eigenvalue weighted by Crippen LogP contribution is 2.37. The first-order valence-corrected chi connectivity index (χ1v) is 8.35. The normalized spacial score (nSPS) is 12.2. The third kappa shape index (κ3) is 2.80. The Morgan fingerprint density at radius 3 is 2.47 bits per heavy atom. The summed E-state index contributed by atoms with van der Waals surface area (Å²) in [5, 5.41) is 9.57. The van der Waals surface area contributed by atoms with E-state index in [0.717, 1.165) is 19.2 Å². The Morgan fingerprint density at radius 2 is 1.79 bits per heavy atom. The zero-order valence-electron chi connectivity index (χ0n) is 10.9. The van der Waals surface area contributed by atoms with Gasteiger partial charge in [0.1, 0.15) is 5.01 Å². The predicted molar refractivity (Wildman–Crippen MR) is 82.4 cm³/mol. The molecule has 0 atom stereocenters. The van der Waals surface area contributed by atoms with Gasteiger partial charge in [-0.05, 0) is 23.9 Å². The Balaban J connectivity index is 1.86. The number of rotatable bonds is 2. The number of hydrogen-bond acceptors (Lipinski definition) is 6. The third-order valence-electron chi connectivity index (χ3n) is 2.50. The number of fused-ring (bicyclic) bond motifs is 1. The van der Waals surface area contributed by atoms with Gasteiger partial charge < -0.3 is 0 Å². The molecule has 0 unspecified atom stereocenters. The van der Waals surface area contributed by atoms with E-state index >= 15 is 0 Å². The second-order valence-electron chi connectivity index (χ2n) is 5.17. The summed E-state index contributed by atoms with van der Waals surface area (Å²) in [5.41, 5.74) is 1.11. The molecule has 0 amide bonds. The van der Waals surface area contributed by atoms with Crippen LogP contribution in [0.15, 0.2) is 32.9 Å². The lowest BCUT2D eigenvalue weighted by Gasteiger charge is -2.12. The third-order valence-corrected chi connectivity index (χ3v) is 5.99. The van der Waals surface area contributed by atoms with Gasteiger partial charge in [-0.15, -0.1) is 21.5 Å². The largest absolute Gasteiger partial charge is 0.229 e. The number of hydrogen-bond donors (Lipinski definition) is 0. The van der Waals surface area contributed by atoms with Gasteiger partial charge in [-0.25, -0.2) is 4.98 Å². The van der Waals surface area contributed by atoms with Crippen LogP contribution < -0.4 is 0 Å². The summed E-state index contributed by atoms with van der Waals surface area (Å²) in [5.74, 6) is 0. The molecule has 2 aromatic heterocycles. The fourth-order valence-electron chi connectivity index (χ4n) is 1.52. The molecule has 0 spiro atoms. The van der Waals surface area contributed by atoms with Crippen molar-refractivity contribution >= 4 is 44.7 Å². The molecule has 0 saturated carbocycles. The molecule has 19 heavy (non-hydrogen) atoms. The lowest BCUT2D eigenvalue weighted by Crippen LogP contribution is -2.10. The van der Waals surface area contributed by atoms with E-state index in [1.165, 1.54) is 4.70 Å². The first kappa shape index (κ1) is 13.0. The van der Waals surface area contributed by atoms with Gasteiger partial charge in [0.05, 0.1) is 10.2 Å². The van der Waals surface area contributed by atoms with Crippen molar-refractivity contribution in [3.8, 4) is 0 Å². The maximum absolute atomic E-state index is 4.60. The Morgan fingerprint density at radius 1 is 1.00 bits per heavy atom. The van der Waals surface area contributed by atoms with Gasteiger partial charge in [-0.1, -0.05) is 44.2 Å². The summed E-state index contributed by atoms with van der Waals surface area (Å²) in [6.45, 7) is 6.46. The maximum Gasteiger partial charge on any atom is 0.181 e. The molecule has 0 radical (unpaired) electrons. The molecule has 3 rings (SSSR count). The monoisotopic (exact) mass is 307 g/mol. The molecule has 0 bridgehead atoms. The van der Waals surface area contributed by atoms with Gasteiger partial charge >= 0.3 is 0 Å². The van der Waals surface area contributed by atoms with Crippen molar-refractivity contribution in [3.63, 3.8) is 0 Å². The Labute approximate surface area is 124 Å². The van der Waals surface area contributed by atoms with Crippen LogP contribution in [-0.2, 0) is 5.41 Å². The zero-order chi connectivity index (χ0) is 13.5. The van der Waals surface area contributed by atoms with Crippen molar-refractivity contribution < 1.29 is 0 Å². The van der Waals surface area contributed by atoms with Crippen LogP contribution in [0.4, 0.5) is 0 Å². The van der Waals surface area contributed by atoms with E-state index in [2.05, 4.69) is 42.0 Å². The number of aromatic nitrogens is 3. The summed E-state index contributed by atoms with van der Waals surface area (Å²) in [7, 11) is 0. The number of benzene rings is 1. The fraction of sp³-hybridized carbons (Fsp3) is 0.308. The molecule has 0 N–H and O–H groups in total. The number of nitrogens with zero attached hydrogens (tertiary/aromatic N) is 3. The van der Waals surface area contributed by atoms with Crippen LogP contribution in [0.5, 0.6) is 0 Å². The molecule has 0 aliphatic rings. The molecule has 0 aliphatic heterocycles. The van der Waals surface area contributed by atoms with Crippen LogP contribution in [0, 0.1) is 0 Å². The molecule has 3 nitrogen and oxygen atoms in total. The summed E-state index contributed by atoms with van der Waals surface area (Å²) in [4.78, 5) is 4.60. The average molecular weight is 307 g/mol. The van der Waals surface area contributed by atoms with Crippen molar-refractivity contribution in [1.82, 2.24) is 15.2 Å². The van der Waals surface area contributed by atoms with Gasteiger partial charge in [-0.2, -0.15) is 0 Å². The van der Waals surface area contributed by atoms with Crippen molar-refractivity contribution in [2.24, 2.45) is 0 Å². The smallest absolute Gasteiger partial charge is 0.181 e. The molecule has 0 aliphatic carbocycles. The molecular weight excluding hydrogens is 294 g/mol. The Kier molecular flexibility index (Phi) is 3.32. The van der Waals surface area contributed by atoms with Crippen LogP contribution in [-0.4, -0.2) is 15.2 Å². The number of thiazole rings is 1. The molecule has 1 aromatic carbocycles. The van der Waals surface area contributed by atoms with Crippen molar-refractivity contribution in [3.05, 3.63) is 29.3 Å². The average Bonchev–Trinajstić information content (AvgIpc) is 2.94. The highest BCUT2D eigenvalue weighted by Gasteiger charge is 2.20. The minimum atomic E-state index is 0.0596. The molecular formula is C13H13N3S3. The van der Waals surface area contributed by atoms with Crippen LogP contribution >= 0.6 is 34.4 Å². The van der Waals surface area contributed by atoms with Crippen LogP contribution in [0.2, 0.25) is 0 Å². The van der Waals surface area contributed by atoms with Crippen LogP contribution in [0.3, 0.4) is 0 Å². The molecule has 98 valence electrons. The minimum absolute atomic E-state index is 0.0596. The first-order chi connectivity index (χ1) is 9.02. The van der Waals surface area contributed by atoms with Gasteiger partial charge in [0.25, 0.3) is 0 Å². The van der Waals surface area contributed by atoms with E-state index in [4.69, 9.17) is 0 Å².